The lowest BCUT2D eigenvalue weighted by molar-refractivity contribution is 0.279. The number of H-pyrrole nitrogens is 2. The van der Waals surface area contributed by atoms with Crippen molar-refractivity contribution in [2.24, 2.45) is 0 Å². The monoisotopic (exact) mass is 365 g/mol. The summed E-state index contributed by atoms with van der Waals surface area (Å²) in [5, 5.41) is 7.36. The predicted octanol–water partition coefficient (Wildman–Crippen LogP) is 2.08. The van der Waals surface area contributed by atoms with Crippen LogP contribution in [0.5, 0.6) is 5.75 Å². The van der Waals surface area contributed by atoms with Gasteiger partial charge < -0.3 is 9.72 Å². The highest BCUT2D eigenvalue weighted by Gasteiger charge is 2.19. The summed E-state index contributed by atoms with van der Waals surface area (Å²) in [5.74, 6) is 1.52. The number of nitrogens with one attached hydrogen (secondary N) is 2. The molecule has 0 spiro atoms. The van der Waals surface area contributed by atoms with Crippen molar-refractivity contribution in [2.75, 3.05) is 20.2 Å². The lowest BCUT2D eigenvalue weighted by Gasteiger charge is -2.19. The van der Waals surface area contributed by atoms with E-state index in [0.717, 1.165) is 59.9 Å². The number of hydrogen-bond acceptors (Lipinski definition) is 5. The molecule has 0 radical (unpaired) electrons. The van der Waals surface area contributed by atoms with Crippen molar-refractivity contribution >= 4 is 0 Å². The van der Waals surface area contributed by atoms with E-state index in [1.165, 1.54) is 0 Å². The molecule has 0 amide bonds. The molecule has 0 saturated heterocycles. The minimum Gasteiger partial charge on any atom is -0.497 e. The molecular formula is C20H23N5O2. The standard InChI is InChI=1S/C20H23N5O2/c1-13-22-18-8-10-25(9-7-17(18)20(26)23-13)12-15-11-21-24-19(15)14-3-5-16(27-2)6-4-14/h3-6,11H,7-10,12H2,1-2H3,(H,21,24)(H,22,23,26). The number of hydrogen-bond donors (Lipinski definition) is 2. The highest BCUT2D eigenvalue weighted by atomic mass is 16.5. The van der Waals surface area contributed by atoms with E-state index in [9.17, 15) is 4.79 Å². The minimum absolute atomic E-state index is 0.00147. The third kappa shape index (κ3) is 3.64. The lowest BCUT2D eigenvalue weighted by atomic mass is 10.1. The van der Waals surface area contributed by atoms with Gasteiger partial charge in [-0.15, -0.1) is 0 Å². The van der Waals surface area contributed by atoms with Crippen LogP contribution in [0.2, 0.25) is 0 Å². The fraction of sp³-hybridized carbons (Fsp3) is 0.350. The Balaban J connectivity index is 1.52. The summed E-state index contributed by atoms with van der Waals surface area (Å²) in [5.41, 5.74) is 5.00. The molecule has 2 N–H and O–H groups in total. The third-order valence-electron chi connectivity index (χ3n) is 5.05. The van der Waals surface area contributed by atoms with Crippen molar-refractivity contribution < 1.29 is 4.74 Å². The van der Waals surface area contributed by atoms with Crippen molar-refractivity contribution in [3.8, 4) is 17.0 Å². The molecule has 7 nitrogen and oxygen atoms in total. The maximum Gasteiger partial charge on any atom is 0.254 e. The van der Waals surface area contributed by atoms with E-state index < -0.39 is 0 Å². The van der Waals surface area contributed by atoms with Gasteiger partial charge in [0.05, 0.1) is 24.7 Å². The third-order valence-corrected chi connectivity index (χ3v) is 5.05. The zero-order chi connectivity index (χ0) is 18.8. The Hall–Kier alpha value is -2.93. The molecule has 1 aromatic carbocycles. The second-order valence-electron chi connectivity index (χ2n) is 6.85. The summed E-state index contributed by atoms with van der Waals surface area (Å²) in [7, 11) is 1.66. The van der Waals surface area contributed by atoms with Crippen LogP contribution in [0.4, 0.5) is 0 Å². The zero-order valence-corrected chi connectivity index (χ0v) is 15.6. The smallest absolute Gasteiger partial charge is 0.254 e. The van der Waals surface area contributed by atoms with Crippen LogP contribution in [0, 0.1) is 6.92 Å². The first kappa shape index (κ1) is 17.5. The number of fused-ring (bicyclic) bond motifs is 1. The molecule has 0 fully saturated rings. The minimum atomic E-state index is 0.00147. The van der Waals surface area contributed by atoms with Crippen LogP contribution in [0.1, 0.15) is 22.6 Å². The van der Waals surface area contributed by atoms with Crippen LogP contribution in [0.15, 0.2) is 35.3 Å². The number of ether oxygens (including phenoxy) is 1. The number of nitrogens with zero attached hydrogens (tertiary/aromatic N) is 3. The van der Waals surface area contributed by atoms with Gasteiger partial charge in [-0.1, -0.05) is 0 Å². The molecule has 4 rings (SSSR count). The van der Waals surface area contributed by atoms with Gasteiger partial charge in [0.15, 0.2) is 0 Å². The first-order chi connectivity index (χ1) is 13.1. The normalized spacial score (nSPS) is 14.6. The van der Waals surface area contributed by atoms with Gasteiger partial charge in [0.25, 0.3) is 5.56 Å². The summed E-state index contributed by atoms with van der Waals surface area (Å²) >= 11 is 0. The van der Waals surface area contributed by atoms with E-state index in [-0.39, 0.29) is 5.56 Å². The van der Waals surface area contributed by atoms with E-state index in [4.69, 9.17) is 4.74 Å². The van der Waals surface area contributed by atoms with Crippen LogP contribution in [0.25, 0.3) is 11.3 Å². The lowest BCUT2D eigenvalue weighted by Crippen LogP contribution is -2.26. The molecule has 7 heteroatoms. The molecule has 1 aliphatic rings. The average molecular weight is 365 g/mol. The van der Waals surface area contributed by atoms with E-state index in [0.29, 0.717) is 12.2 Å². The van der Waals surface area contributed by atoms with Gasteiger partial charge in [0, 0.05) is 42.7 Å². The fourth-order valence-corrected chi connectivity index (χ4v) is 3.62. The number of aromatic amines is 2. The van der Waals surface area contributed by atoms with Crippen molar-refractivity contribution in [1.82, 2.24) is 25.1 Å². The number of rotatable bonds is 4. The summed E-state index contributed by atoms with van der Waals surface area (Å²) in [6, 6.07) is 7.95. The molecule has 2 aromatic heterocycles. The van der Waals surface area contributed by atoms with Crippen LogP contribution < -0.4 is 10.3 Å². The maximum atomic E-state index is 12.2. The van der Waals surface area contributed by atoms with Crippen LogP contribution in [-0.4, -0.2) is 45.3 Å². The molecule has 3 heterocycles. The van der Waals surface area contributed by atoms with Gasteiger partial charge in [0.1, 0.15) is 11.6 Å². The van der Waals surface area contributed by atoms with Gasteiger partial charge in [-0.05, 0) is 37.6 Å². The van der Waals surface area contributed by atoms with Crippen molar-refractivity contribution in [2.45, 2.75) is 26.3 Å². The molecule has 0 aliphatic carbocycles. The summed E-state index contributed by atoms with van der Waals surface area (Å²) < 4.78 is 5.23. The van der Waals surface area contributed by atoms with Gasteiger partial charge in [-0.3, -0.25) is 14.8 Å². The van der Waals surface area contributed by atoms with Gasteiger partial charge in [-0.2, -0.15) is 5.10 Å². The van der Waals surface area contributed by atoms with Crippen LogP contribution in [-0.2, 0) is 19.4 Å². The van der Waals surface area contributed by atoms with E-state index >= 15 is 0 Å². The Kier molecular flexibility index (Phi) is 4.77. The van der Waals surface area contributed by atoms with E-state index in [1.54, 1.807) is 7.11 Å². The average Bonchev–Trinajstić information content (AvgIpc) is 3.03. The van der Waals surface area contributed by atoms with Crippen molar-refractivity contribution in [3.05, 3.63) is 63.5 Å². The zero-order valence-electron chi connectivity index (χ0n) is 15.6. The second-order valence-corrected chi connectivity index (χ2v) is 6.85. The molecule has 0 bridgehead atoms. The highest BCUT2D eigenvalue weighted by molar-refractivity contribution is 5.63. The Morgan fingerprint density at radius 1 is 1.19 bits per heavy atom. The summed E-state index contributed by atoms with van der Waals surface area (Å²) in [6.45, 7) is 4.31. The number of benzene rings is 1. The quantitative estimate of drug-likeness (QED) is 0.739. The van der Waals surface area contributed by atoms with Gasteiger partial charge in [-0.25, -0.2) is 4.98 Å². The van der Waals surface area contributed by atoms with E-state index in [2.05, 4.69) is 25.1 Å². The van der Waals surface area contributed by atoms with Crippen LogP contribution in [0.3, 0.4) is 0 Å². The molecular weight excluding hydrogens is 342 g/mol. The molecule has 0 atom stereocenters. The highest BCUT2D eigenvalue weighted by Crippen LogP contribution is 2.25. The van der Waals surface area contributed by atoms with Gasteiger partial charge in [0.2, 0.25) is 0 Å². The number of methoxy groups -OCH3 is 1. The van der Waals surface area contributed by atoms with Crippen LogP contribution >= 0.6 is 0 Å². The molecule has 3 aromatic rings. The Bertz CT molecular complexity index is 990. The topological polar surface area (TPSA) is 86.9 Å². The second kappa shape index (κ2) is 7.36. The predicted molar refractivity (Wildman–Crippen MR) is 103 cm³/mol. The van der Waals surface area contributed by atoms with Crippen molar-refractivity contribution in [3.63, 3.8) is 0 Å². The Morgan fingerprint density at radius 2 is 1.96 bits per heavy atom. The number of aryl methyl sites for hydroxylation is 1. The number of aromatic nitrogens is 4. The first-order valence-electron chi connectivity index (χ1n) is 9.11. The molecule has 27 heavy (non-hydrogen) atoms. The Labute approximate surface area is 157 Å². The molecule has 0 unspecified atom stereocenters. The molecule has 0 saturated carbocycles. The van der Waals surface area contributed by atoms with Gasteiger partial charge >= 0.3 is 0 Å². The molecule has 140 valence electrons. The summed E-state index contributed by atoms with van der Waals surface area (Å²) in [6.07, 6.45) is 3.39. The molecule has 1 aliphatic heterocycles. The maximum absolute atomic E-state index is 12.2. The largest absolute Gasteiger partial charge is 0.497 e. The first-order valence-corrected chi connectivity index (χ1v) is 9.11. The van der Waals surface area contributed by atoms with E-state index in [1.807, 2.05) is 37.4 Å². The fourth-order valence-electron chi connectivity index (χ4n) is 3.62. The summed E-state index contributed by atoms with van der Waals surface area (Å²) in [4.78, 5) is 21.9. The Morgan fingerprint density at radius 3 is 2.74 bits per heavy atom. The SMILES string of the molecule is COc1ccc(-c2[nH]ncc2CN2CCc3nc(C)[nH]c(=O)c3CC2)cc1. The van der Waals surface area contributed by atoms with Crippen molar-refractivity contribution in [1.29, 1.82) is 0 Å².